The lowest BCUT2D eigenvalue weighted by atomic mass is 9.80. The van der Waals surface area contributed by atoms with Crippen LogP contribution in [0.4, 0.5) is 0 Å². The summed E-state index contributed by atoms with van der Waals surface area (Å²) in [7, 11) is -1.42. The zero-order chi connectivity index (χ0) is 9.97. The molecule has 0 spiro atoms. The molecule has 0 aliphatic heterocycles. The second-order valence-corrected chi connectivity index (χ2v) is 3.62. The van der Waals surface area contributed by atoms with E-state index < -0.39 is 7.12 Å². The molecule has 0 atom stereocenters. The van der Waals surface area contributed by atoms with Gasteiger partial charge in [-0.05, 0) is 36.9 Å². The maximum absolute atomic E-state index is 8.95. The number of hydrogen-bond acceptors (Lipinski definition) is 3. The Morgan fingerprint density at radius 1 is 1.29 bits per heavy atom. The van der Waals surface area contributed by atoms with Crippen molar-refractivity contribution in [2.24, 2.45) is 0 Å². The van der Waals surface area contributed by atoms with Gasteiger partial charge in [0.2, 0.25) is 0 Å². The first kappa shape index (κ1) is 9.56. The minimum atomic E-state index is -1.42. The second-order valence-electron chi connectivity index (χ2n) is 3.62. The molecular weight excluding hydrogens is 179 g/mol. The van der Waals surface area contributed by atoms with Gasteiger partial charge in [-0.3, -0.25) is 0 Å². The molecule has 0 amide bonds. The molecule has 1 aliphatic carbocycles. The monoisotopic (exact) mass is 192 g/mol. The van der Waals surface area contributed by atoms with Gasteiger partial charge in [-0.1, -0.05) is 12.1 Å². The van der Waals surface area contributed by atoms with Gasteiger partial charge in [0.05, 0.1) is 6.10 Å². The average molecular weight is 192 g/mol. The molecule has 1 fully saturated rings. The van der Waals surface area contributed by atoms with Gasteiger partial charge in [-0.25, -0.2) is 0 Å². The van der Waals surface area contributed by atoms with Gasteiger partial charge in [-0.15, -0.1) is 0 Å². The molecule has 1 aliphatic rings. The Morgan fingerprint density at radius 3 is 2.64 bits per heavy atom. The van der Waals surface area contributed by atoms with Crippen LogP contribution >= 0.6 is 0 Å². The highest BCUT2D eigenvalue weighted by atomic mass is 16.5. The number of benzene rings is 1. The minimum absolute atomic E-state index is 0.320. The fourth-order valence-electron chi connectivity index (χ4n) is 1.43. The maximum Gasteiger partial charge on any atom is 0.488 e. The van der Waals surface area contributed by atoms with Crippen LogP contribution in [0.3, 0.4) is 0 Å². The van der Waals surface area contributed by atoms with E-state index in [1.54, 1.807) is 18.2 Å². The molecule has 3 nitrogen and oxygen atoms in total. The summed E-state index contributed by atoms with van der Waals surface area (Å²) in [4.78, 5) is 0. The Bertz CT molecular complexity index is 310. The first-order valence-corrected chi connectivity index (χ1v) is 4.88. The zero-order valence-corrected chi connectivity index (χ0v) is 7.89. The molecule has 0 bridgehead atoms. The third-order valence-electron chi connectivity index (χ3n) is 2.51. The smallest absolute Gasteiger partial charge is 0.488 e. The van der Waals surface area contributed by atoms with Gasteiger partial charge in [0.15, 0.2) is 0 Å². The summed E-state index contributed by atoms with van der Waals surface area (Å²) < 4.78 is 5.62. The summed E-state index contributed by atoms with van der Waals surface area (Å²) in [6.45, 7) is 0. The van der Waals surface area contributed by atoms with Crippen molar-refractivity contribution in [3.05, 3.63) is 24.3 Å². The van der Waals surface area contributed by atoms with Crippen molar-refractivity contribution in [2.75, 3.05) is 0 Å². The molecule has 74 valence electrons. The van der Waals surface area contributed by atoms with Crippen LogP contribution in [0.1, 0.15) is 19.3 Å². The molecule has 1 aromatic rings. The molecule has 2 rings (SSSR count). The van der Waals surface area contributed by atoms with Crippen molar-refractivity contribution in [1.82, 2.24) is 0 Å². The van der Waals surface area contributed by atoms with E-state index in [-0.39, 0.29) is 0 Å². The summed E-state index contributed by atoms with van der Waals surface area (Å²) in [5, 5.41) is 17.9. The van der Waals surface area contributed by atoms with Crippen LogP contribution in [0, 0.1) is 0 Å². The van der Waals surface area contributed by atoms with E-state index in [0.717, 1.165) is 18.6 Å². The normalized spacial score (nSPS) is 16.1. The topological polar surface area (TPSA) is 49.7 Å². The van der Waals surface area contributed by atoms with Crippen molar-refractivity contribution < 1.29 is 14.8 Å². The molecule has 2 N–H and O–H groups in total. The van der Waals surface area contributed by atoms with Crippen LogP contribution in [0.15, 0.2) is 24.3 Å². The number of ether oxygens (including phenoxy) is 1. The Kier molecular flexibility index (Phi) is 2.75. The molecule has 1 saturated carbocycles. The first-order chi connectivity index (χ1) is 6.75. The van der Waals surface area contributed by atoms with E-state index in [2.05, 4.69) is 0 Å². The van der Waals surface area contributed by atoms with Crippen LogP contribution in [0.2, 0.25) is 0 Å². The second kappa shape index (κ2) is 4.03. The van der Waals surface area contributed by atoms with E-state index in [9.17, 15) is 0 Å². The van der Waals surface area contributed by atoms with Crippen LogP contribution in [0.25, 0.3) is 0 Å². The van der Waals surface area contributed by atoms with Gasteiger partial charge in [0.25, 0.3) is 0 Å². The van der Waals surface area contributed by atoms with E-state index in [4.69, 9.17) is 14.8 Å². The predicted octanol–water partition coefficient (Wildman–Crippen LogP) is 0.298. The first-order valence-electron chi connectivity index (χ1n) is 4.88. The Morgan fingerprint density at radius 2 is 2.07 bits per heavy atom. The highest BCUT2D eigenvalue weighted by molar-refractivity contribution is 6.58. The van der Waals surface area contributed by atoms with Gasteiger partial charge in [-0.2, -0.15) is 0 Å². The molecule has 0 saturated heterocycles. The number of rotatable bonds is 3. The highest BCUT2D eigenvalue weighted by Crippen LogP contribution is 2.24. The van der Waals surface area contributed by atoms with Crippen LogP contribution in [-0.4, -0.2) is 23.3 Å². The Balaban J connectivity index is 2.05. The van der Waals surface area contributed by atoms with Crippen molar-refractivity contribution in [3.63, 3.8) is 0 Å². The third-order valence-corrected chi connectivity index (χ3v) is 2.51. The van der Waals surface area contributed by atoms with Gasteiger partial charge >= 0.3 is 7.12 Å². The lowest BCUT2D eigenvalue weighted by Crippen LogP contribution is -2.30. The van der Waals surface area contributed by atoms with Crippen molar-refractivity contribution in [1.29, 1.82) is 0 Å². The molecule has 0 aromatic heterocycles. The minimum Gasteiger partial charge on any atom is -0.490 e. The lowest BCUT2D eigenvalue weighted by Gasteiger charge is -2.26. The molecule has 0 unspecified atom stereocenters. The molecule has 14 heavy (non-hydrogen) atoms. The lowest BCUT2D eigenvalue weighted by molar-refractivity contribution is 0.120. The van der Waals surface area contributed by atoms with Crippen molar-refractivity contribution >= 4 is 12.6 Å². The van der Waals surface area contributed by atoms with Crippen molar-refractivity contribution in [2.45, 2.75) is 25.4 Å². The van der Waals surface area contributed by atoms with Crippen LogP contribution < -0.4 is 10.2 Å². The molecular formula is C10H13BO3. The highest BCUT2D eigenvalue weighted by Gasteiger charge is 2.19. The molecule has 0 heterocycles. The predicted molar refractivity (Wildman–Crippen MR) is 54.5 cm³/mol. The third kappa shape index (κ3) is 2.08. The standard InChI is InChI=1S/C10H13BO3/c12-11(13)8-3-1-6-10(7-8)14-9-4-2-5-9/h1,3,6-7,9,12-13H,2,4-5H2. The van der Waals surface area contributed by atoms with Crippen molar-refractivity contribution in [3.8, 4) is 5.75 Å². The fourth-order valence-corrected chi connectivity index (χ4v) is 1.43. The largest absolute Gasteiger partial charge is 0.490 e. The molecule has 0 radical (unpaired) electrons. The van der Waals surface area contributed by atoms with E-state index in [1.807, 2.05) is 6.07 Å². The zero-order valence-electron chi connectivity index (χ0n) is 7.89. The van der Waals surface area contributed by atoms with Gasteiger partial charge in [0.1, 0.15) is 5.75 Å². The molecule has 4 heteroatoms. The average Bonchev–Trinajstić information content (AvgIpc) is 2.12. The Labute approximate surface area is 83.5 Å². The quantitative estimate of drug-likeness (QED) is 0.677. The summed E-state index contributed by atoms with van der Waals surface area (Å²) in [5.74, 6) is 0.723. The van der Waals surface area contributed by atoms with Gasteiger partial charge in [0, 0.05) is 0 Å². The van der Waals surface area contributed by atoms with Crippen LogP contribution in [0.5, 0.6) is 5.75 Å². The summed E-state index contributed by atoms with van der Waals surface area (Å²) in [6.07, 6.45) is 3.76. The Hall–Kier alpha value is -0.995. The number of hydrogen-bond donors (Lipinski definition) is 2. The molecule has 1 aromatic carbocycles. The fraction of sp³-hybridized carbons (Fsp3) is 0.400. The van der Waals surface area contributed by atoms with Crippen LogP contribution in [-0.2, 0) is 0 Å². The summed E-state index contributed by atoms with van der Waals surface area (Å²) in [5.41, 5.74) is 0.474. The van der Waals surface area contributed by atoms with E-state index in [0.29, 0.717) is 11.6 Å². The SMILES string of the molecule is OB(O)c1cccc(OC2CCC2)c1. The summed E-state index contributed by atoms with van der Waals surface area (Å²) in [6, 6.07) is 6.94. The van der Waals surface area contributed by atoms with E-state index in [1.165, 1.54) is 6.42 Å². The maximum atomic E-state index is 8.95. The van der Waals surface area contributed by atoms with E-state index >= 15 is 0 Å². The van der Waals surface area contributed by atoms with Gasteiger partial charge < -0.3 is 14.8 Å². The summed E-state index contributed by atoms with van der Waals surface area (Å²) >= 11 is 0.